The maximum atomic E-state index is 14.2. The predicted molar refractivity (Wildman–Crippen MR) is 141 cm³/mol. The molecule has 0 bridgehead atoms. The van der Waals surface area contributed by atoms with E-state index in [2.05, 4.69) is 0 Å². The average Bonchev–Trinajstić information content (AvgIpc) is 3.56. The third-order valence-electron chi connectivity index (χ3n) is 7.94. The molecule has 3 aliphatic rings. The van der Waals surface area contributed by atoms with Crippen LogP contribution in [-0.4, -0.2) is 55.1 Å². The molecular formula is C31H23NO9. The van der Waals surface area contributed by atoms with Gasteiger partial charge in [-0.15, -0.1) is 0 Å². The van der Waals surface area contributed by atoms with Crippen LogP contribution in [0.2, 0.25) is 0 Å². The van der Waals surface area contributed by atoms with Gasteiger partial charge in [0, 0.05) is 11.1 Å². The van der Waals surface area contributed by atoms with E-state index in [-0.39, 0.29) is 27.9 Å². The number of ether oxygens (including phenoxy) is 3. The monoisotopic (exact) mass is 553 g/mol. The molecule has 0 saturated carbocycles. The standard InChI is InChI=1S/C31H23NO9/c1-15-8-10-16(11-9-15)24-22-23(31(41-24)25(33)20-6-4-5-7-21(20)26(31)34)28(36)32(27(22)35)19-13-17(29(37)39-2)12-18(14-19)30(38)40-3/h4-14,22-24H,1-3H3/t22-,23-,24-/m0/s1. The lowest BCUT2D eigenvalue weighted by molar-refractivity contribution is -0.127. The number of rotatable bonds is 4. The highest BCUT2D eigenvalue weighted by Crippen LogP contribution is 2.57. The number of fused-ring (bicyclic) bond motifs is 3. The molecule has 0 N–H and O–H groups in total. The van der Waals surface area contributed by atoms with Gasteiger partial charge in [0.1, 0.15) is 0 Å². The van der Waals surface area contributed by atoms with Gasteiger partial charge in [0.15, 0.2) is 0 Å². The van der Waals surface area contributed by atoms with Gasteiger partial charge >= 0.3 is 11.9 Å². The molecule has 2 fully saturated rings. The lowest BCUT2D eigenvalue weighted by Gasteiger charge is -2.27. The number of methoxy groups -OCH3 is 2. The zero-order chi connectivity index (χ0) is 29.2. The summed E-state index contributed by atoms with van der Waals surface area (Å²) in [5.41, 5.74) is -0.902. The van der Waals surface area contributed by atoms with Gasteiger partial charge in [-0.2, -0.15) is 0 Å². The van der Waals surface area contributed by atoms with Crippen molar-refractivity contribution in [3.8, 4) is 0 Å². The van der Waals surface area contributed by atoms with E-state index in [1.165, 1.54) is 30.3 Å². The Kier molecular flexibility index (Phi) is 5.97. The number of carbonyl (C=O) groups excluding carboxylic acids is 6. The Morgan fingerprint density at radius 1 is 0.780 bits per heavy atom. The van der Waals surface area contributed by atoms with Crippen molar-refractivity contribution in [3.05, 3.63) is 100 Å². The number of imide groups is 1. The molecule has 1 aliphatic carbocycles. The first-order valence-electron chi connectivity index (χ1n) is 12.8. The quantitative estimate of drug-likeness (QED) is 0.271. The van der Waals surface area contributed by atoms with Gasteiger partial charge in [0.05, 0.1) is 49.0 Å². The van der Waals surface area contributed by atoms with E-state index < -0.39 is 58.9 Å². The molecule has 0 aromatic heterocycles. The van der Waals surface area contributed by atoms with Crippen LogP contribution in [0.3, 0.4) is 0 Å². The second-order valence-corrected chi connectivity index (χ2v) is 10.2. The van der Waals surface area contributed by atoms with E-state index in [0.29, 0.717) is 5.56 Å². The summed E-state index contributed by atoms with van der Waals surface area (Å²) in [6, 6.07) is 16.9. The van der Waals surface area contributed by atoms with Crippen LogP contribution < -0.4 is 4.90 Å². The topological polar surface area (TPSA) is 133 Å². The molecule has 206 valence electrons. The third kappa shape index (κ3) is 3.60. The van der Waals surface area contributed by atoms with E-state index in [0.717, 1.165) is 24.7 Å². The van der Waals surface area contributed by atoms with Crippen LogP contribution in [0.15, 0.2) is 66.7 Å². The van der Waals surface area contributed by atoms with Crippen molar-refractivity contribution in [3.63, 3.8) is 0 Å². The summed E-state index contributed by atoms with van der Waals surface area (Å²) in [6.07, 6.45) is -1.10. The van der Waals surface area contributed by atoms with Gasteiger partial charge in [0.25, 0.3) is 0 Å². The smallest absolute Gasteiger partial charge is 0.337 e. The van der Waals surface area contributed by atoms with Gasteiger partial charge in [-0.3, -0.25) is 19.2 Å². The maximum Gasteiger partial charge on any atom is 0.337 e. The molecule has 0 radical (unpaired) electrons. The van der Waals surface area contributed by atoms with Crippen LogP contribution in [0.4, 0.5) is 5.69 Å². The normalized spacial score (nSPS) is 22.2. The van der Waals surface area contributed by atoms with Crippen molar-refractivity contribution in [2.45, 2.75) is 18.6 Å². The summed E-state index contributed by atoms with van der Waals surface area (Å²) in [5, 5.41) is 0. The SMILES string of the molecule is COC(=O)c1cc(C(=O)OC)cc(N2C(=O)[C@H]3[C@@H](C2=O)C2(O[C@H]3c3ccc(C)cc3)C(=O)c3ccccc3C2=O)c1. The minimum atomic E-state index is -2.25. The van der Waals surface area contributed by atoms with Crippen molar-refractivity contribution in [1.82, 2.24) is 0 Å². The summed E-state index contributed by atoms with van der Waals surface area (Å²) in [5.74, 6) is -7.34. The molecule has 3 aromatic carbocycles. The molecule has 3 aromatic rings. The van der Waals surface area contributed by atoms with Gasteiger partial charge in [-0.1, -0.05) is 54.1 Å². The highest BCUT2D eigenvalue weighted by Gasteiger charge is 2.74. The fourth-order valence-corrected chi connectivity index (χ4v) is 6.04. The average molecular weight is 554 g/mol. The summed E-state index contributed by atoms with van der Waals surface area (Å²) >= 11 is 0. The largest absolute Gasteiger partial charge is 0.465 e. The number of esters is 2. The molecule has 6 rings (SSSR count). The Bertz CT molecular complexity index is 1620. The Morgan fingerprint density at radius 2 is 1.32 bits per heavy atom. The molecule has 10 heteroatoms. The zero-order valence-corrected chi connectivity index (χ0v) is 22.2. The minimum Gasteiger partial charge on any atom is -0.465 e. The van der Waals surface area contributed by atoms with Crippen LogP contribution in [-0.2, 0) is 23.8 Å². The minimum absolute atomic E-state index is 0.106. The number of carbonyl (C=O) groups is 6. The van der Waals surface area contributed by atoms with E-state index in [4.69, 9.17) is 14.2 Å². The number of ketones is 2. The van der Waals surface area contributed by atoms with Crippen LogP contribution in [0.5, 0.6) is 0 Å². The van der Waals surface area contributed by atoms with Crippen LogP contribution in [0.25, 0.3) is 0 Å². The van der Waals surface area contributed by atoms with Gasteiger partial charge in [0.2, 0.25) is 29.0 Å². The summed E-state index contributed by atoms with van der Waals surface area (Å²) in [4.78, 5) is 81.8. The number of anilines is 1. The molecule has 2 aliphatic heterocycles. The fourth-order valence-electron chi connectivity index (χ4n) is 6.04. The van der Waals surface area contributed by atoms with Gasteiger partial charge < -0.3 is 14.2 Å². The predicted octanol–water partition coefficient (Wildman–Crippen LogP) is 3.26. The molecule has 0 unspecified atom stereocenters. The molecular weight excluding hydrogens is 530 g/mol. The second-order valence-electron chi connectivity index (χ2n) is 10.2. The summed E-state index contributed by atoms with van der Waals surface area (Å²) < 4.78 is 15.9. The first kappa shape index (κ1) is 26.3. The Hall–Kier alpha value is -4.96. The molecule has 41 heavy (non-hydrogen) atoms. The van der Waals surface area contributed by atoms with E-state index in [1.807, 2.05) is 6.92 Å². The number of hydrogen-bond acceptors (Lipinski definition) is 9. The highest BCUT2D eigenvalue weighted by molar-refractivity contribution is 6.37. The Labute approximate surface area is 233 Å². The fraction of sp³-hybridized carbons (Fsp3) is 0.226. The van der Waals surface area contributed by atoms with Crippen molar-refractivity contribution in [1.29, 1.82) is 0 Å². The van der Waals surface area contributed by atoms with Gasteiger partial charge in [-0.25, -0.2) is 14.5 Å². The number of aryl methyl sites for hydroxylation is 1. The first-order valence-corrected chi connectivity index (χ1v) is 12.8. The summed E-state index contributed by atoms with van der Waals surface area (Å²) in [6.45, 7) is 1.88. The second kappa shape index (κ2) is 9.31. The summed E-state index contributed by atoms with van der Waals surface area (Å²) in [7, 11) is 2.29. The lowest BCUT2D eigenvalue weighted by atomic mass is 9.77. The van der Waals surface area contributed by atoms with Crippen LogP contribution in [0.1, 0.15) is 58.7 Å². The van der Waals surface area contributed by atoms with E-state index in [9.17, 15) is 28.8 Å². The molecule has 10 nitrogen and oxygen atoms in total. The molecule has 1 spiro atoms. The number of amides is 2. The molecule has 2 saturated heterocycles. The molecule has 2 amide bonds. The molecule has 3 atom stereocenters. The van der Waals surface area contributed by atoms with Crippen molar-refractivity contribution in [2.75, 3.05) is 19.1 Å². The van der Waals surface area contributed by atoms with Crippen molar-refractivity contribution in [2.24, 2.45) is 11.8 Å². The Morgan fingerprint density at radius 3 is 1.83 bits per heavy atom. The highest BCUT2D eigenvalue weighted by atomic mass is 16.5. The third-order valence-corrected chi connectivity index (χ3v) is 7.94. The zero-order valence-electron chi connectivity index (χ0n) is 22.2. The van der Waals surface area contributed by atoms with Crippen molar-refractivity contribution < 1.29 is 43.0 Å². The van der Waals surface area contributed by atoms with Gasteiger partial charge in [-0.05, 0) is 30.7 Å². The van der Waals surface area contributed by atoms with E-state index in [1.54, 1.807) is 36.4 Å². The number of benzene rings is 3. The Balaban J connectivity index is 1.54. The number of Topliss-reactive ketones (excluding diaryl/α,β-unsaturated/α-hetero) is 2. The van der Waals surface area contributed by atoms with Crippen LogP contribution >= 0.6 is 0 Å². The number of hydrogen-bond donors (Lipinski definition) is 0. The molecule has 2 heterocycles. The van der Waals surface area contributed by atoms with E-state index >= 15 is 0 Å². The lowest BCUT2D eigenvalue weighted by Crippen LogP contribution is -2.51. The number of nitrogens with zero attached hydrogens (tertiary/aromatic N) is 1. The van der Waals surface area contributed by atoms with Crippen LogP contribution in [0, 0.1) is 18.8 Å². The first-order chi connectivity index (χ1) is 19.6. The maximum absolute atomic E-state index is 14.2. The van der Waals surface area contributed by atoms with Crippen molar-refractivity contribution >= 4 is 41.0 Å².